The molecule has 94 valence electrons. The van der Waals surface area contributed by atoms with Gasteiger partial charge in [-0.1, -0.05) is 20.8 Å². The Labute approximate surface area is 94.4 Å². The SMILES string of the molecule is CC(C)[C@@H](N)C(=O)O.CC(C=O)CC(=O)O. The van der Waals surface area contributed by atoms with E-state index in [9.17, 15) is 14.4 Å². The number of aliphatic carboxylic acids is 2. The summed E-state index contributed by atoms with van der Waals surface area (Å²) < 4.78 is 0. The van der Waals surface area contributed by atoms with Crippen LogP contribution in [0.25, 0.3) is 0 Å². The summed E-state index contributed by atoms with van der Waals surface area (Å²) in [7, 11) is 0. The number of nitrogens with two attached hydrogens (primary N) is 1. The van der Waals surface area contributed by atoms with Crippen LogP contribution in [0.3, 0.4) is 0 Å². The molecule has 0 bridgehead atoms. The number of carbonyl (C=O) groups excluding carboxylic acids is 1. The van der Waals surface area contributed by atoms with Crippen LogP contribution in [-0.2, 0) is 14.4 Å². The Morgan fingerprint density at radius 3 is 1.75 bits per heavy atom. The summed E-state index contributed by atoms with van der Waals surface area (Å²) in [5.74, 6) is -2.19. The number of aldehydes is 1. The largest absolute Gasteiger partial charge is 0.481 e. The normalized spacial score (nSPS) is 13.3. The molecule has 0 fully saturated rings. The molecule has 0 saturated carbocycles. The second kappa shape index (κ2) is 8.84. The zero-order valence-corrected chi connectivity index (χ0v) is 9.71. The molecule has 0 aromatic carbocycles. The average molecular weight is 233 g/mol. The van der Waals surface area contributed by atoms with Crippen LogP contribution in [0.4, 0.5) is 0 Å². The van der Waals surface area contributed by atoms with Crippen LogP contribution in [0.5, 0.6) is 0 Å². The van der Waals surface area contributed by atoms with E-state index in [0.29, 0.717) is 6.29 Å². The van der Waals surface area contributed by atoms with Crippen molar-refractivity contribution in [1.29, 1.82) is 0 Å². The summed E-state index contributed by atoms with van der Waals surface area (Å²) in [4.78, 5) is 29.6. The van der Waals surface area contributed by atoms with Gasteiger partial charge in [0, 0.05) is 5.92 Å². The van der Waals surface area contributed by atoms with Crippen molar-refractivity contribution in [2.24, 2.45) is 17.6 Å². The van der Waals surface area contributed by atoms with Crippen molar-refractivity contribution in [2.75, 3.05) is 0 Å². The number of rotatable bonds is 5. The Morgan fingerprint density at radius 2 is 1.69 bits per heavy atom. The lowest BCUT2D eigenvalue weighted by molar-refractivity contribution is -0.140. The maximum absolute atomic E-state index is 10.0. The molecule has 6 nitrogen and oxygen atoms in total. The van der Waals surface area contributed by atoms with Gasteiger partial charge < -0.3 is 20.7 Å². The maximum atomic E-state index is 10.0. The van der Waals surface area contributed by atoms with Gasteiger partial charge in [-0.05, 0) is 5.92 Å². The van der Waals surface area contributed by atoms with Gasteiger partial charge >= 0.3 is 11.9 Å². The molecule has 0 aliphatic rings. The summed E-state index contributed by atoms with van der Waals surface area (Å²) in [5, 5.41) is 16.3. The molecule has 0 aliphatic heterocycles. The first-order valence-corrected chi connectivity index (χ1v) is 4.87. The molecule has 0 aliphatic carbocycles. The van der Waals surface area contributed by atoms with Crippen LogP contribution in [-0.4, -0.2) is 34.5 Å². The molecule has 1 unspecified atom stereocenters. The van der Waals surface area contributed by atoms with Gasteiger partial charge in [-0.25, -0.2) is 0 Å². The Bertz CT molecular complexity index is 239. The number of carboxylic acid groups (broad SMARTS) is 2. The van der Waals surface area contributed by atoms with Crippen LogP contribution >= 0.6 is 0 Å². The summed E-state index contributed by atoms with van der Waals surface area (Å²) in [6.07, 6.45) is 0.567. The fourth-order valence-corrected chi connectivity index (χ4v) is 0.609. The van der Waals surface area contributed by atoms with Crippen molar-refractivity contribution < 1.29 is 24.6 Å². The summed E-state index contributed by atoms with van der Waals surface area (Å²) >= 11 is 0. The number of hydrogen-bond donors (Lipinski definition) is 3. The van der Waals surface area contributed by atoms with Crippen molar-refractivity contribution in [3.05, 3.63) is 0 Å². The summed E-state index contributed by atoms with van der Waals surface area (Å²) in [5.41, 5.74) is 5.16. The minimum atomic E-state index is -0.931. The van der Waals surface area contributed by atoms with Crippen molar-refractivity contribution in [3.63, 3.8) is 0 Å². The third-order valence-corrected chi connectivity index (χ3v) is 1.73. The van der Waals surface area contributed by atoms with E-state index in [1.807, 2.05) is 0 Å². The molecular formula is C10H19NO5. The number of carboxylic acids is 2. The van der Waals surface area contributed by atoms with Crippen molar-refractivity contribution in [2.45, 2.75) is 33.2 Å². The van der Waals surface area contributed by atoms with Crippen LogP contribution < -0.4 is 5.73 Å². The minimum absolute atomic E-state index is 0.0208. The summed E-state index contributed by atoms with van der Waals surface area (Å²) in [6.45, 7) is 5.12. The highest BCUT2D eigenvalue weighted by Crippen LogP contribution is 1.96. The standard InChI is InChI=1S/C5H11NO2.C5H8O3/c1-3(2)4(6)5(7)8;1-4(3-6)2-5(7)8/h3-4H,6H2,1-2H3,(H,7,8);3-4H,2H2,1H3,(H,7,8)/t4-;/m1./s1. The lowest BCUT2D eigenvalue weighted by atomic mass is 10.1. The van der Waals surface area contributed by atoms with Gasteiger partial charge in [0.1, 0.15) is 12.3 Å². The van der Waals surface area contributed by atoms with Crippen LogP contribution in [0.2, 0.25) is 0 Å². The molecule has 4 N–H and O–H groups in total. The Morgan fingerprint density at radius 1 is 1.25 bits per heavy atom. The molecule has 6 heteroatoms. The molecule has 0 heterocycles. The van der Waals surface area contributed by atoms with E-state index in [4.69, 9.17) is 15.9 Å². The van der Waals surface area contributed by atoms with Crippen molar-refractivity contribution in [1.82, 2.24) is 0 Å². The molecule has 0 spiro atoms. The predicted octanol–water partition coefficient (Wildman–Crippen LogP) is 0.350. The fraction of sp³-hybridized carbons (Fsp3) is 0.700. The van der Waals surface area contributed by atoms with Crippen molar-refractivity contribution >= 4 is 18.2 Å². The molecule has 2 atom stereocenters. The first-order valence-electron chi connectivity index (χ1n) is 4.87. The van der Waals surface area contributed by atoms with E-state index >= 15 is 0 Å². The van der Waals surface area contributed by atoms with Gasteiger partial charge in [-0.3, -0.25) is 9.59 Å². The average Bonchev–Trinajstić information content (AvgIpc) is 2.16. The first-order chi connectivity index (χ1) is 7.22. The van der Waals surface area contributed by atoms with E-state index < -0.39 is 18.0 Å². The van der Waals surface area contributed by atoms with Gasteiger partial charge in [0.05, 0.1) is 6.42 Å². The highest BCUT2D eigenvalue weighted by atomic mass is 16.4. The Kier molecular flexibility index (Phi) is 9.39. The molecule has 0 aromatic heterocycles. The molecule has 16 heavy (non-hydrogen) atoms. The quantitative estimate of drug-likeness (QED) is 0.590. The molecular weight excluding hydrogens is 214 g/mol. The second-order valence-corrected chi connectivity index (χ2v) is 3.82. The Balaban J connectivity index is 0. The highest BCUT2D eigenvalue weighted by Gasteiger charge is 2.14. The fourth-order valence-electron chi connectivity index (χ4n) is 0.609. The van der Waals surface area contributed by atoms with E-state index in [-0.39, 0.29) is 18.3 Å². The summed E-state index contributed by atoms with van der Waals surface area (Å²) in [6, 6.07) is -0.713. The van der Waals surface area contributed by atoms with E-state index in [0.717, 1.165) is 0 Å². The van der Waals surface area contributed by atoms with E-state index in [1.165, 1.54) is 0 Å². The molecule has 0 aromatic rings. The lowest BCUT2D eigenvalue weighted by Crippen LogP contribution is -2.34. The molecule has 0 radical (unpaired) electrons. The molecule has 0 saturated heterocycles. The third kappa shape index (κ3) is 10.6. The predicted molar refractivity (Wildman–Crippen MR) is 57.9 cm³/mol. The number of hydrogen-bond acceptors (Lipinski definition) is 4. The topological polar surface area (TPSA) is 118 Å². The molecule has 0 rings (SSSR count). The van der Waals surface area contributed by atoms with E-state index in [2.05, 4.69) is 0 Å². The van der Waals surface area contributed by atoms with E-state index in [1.54, 1.807) is 20.8 Å². The second-order valence-electron chi connectivity index (χ2n) is 3.82. The van der Waals surface area contributed by atoms with Gasteiger partial charge in [0.2, 0.25) is 0 Å². The van der Waals surface area contributed by atoms with Gasteiger partial charge in [0.25, 0.3) is 0 Å². The monoisotopic (exact) mass is 233 g/mol. The van der Waals surface area contributed by atoms with Crippen LogP contribution in [0.15, 0.2) is 0 Å². The van der Waals surface area contributed by atoms with Gasteiger partial charge in [0.15, 0.2) is 0 Å². The third-order valence-electron chi connectivity index (χ3n) is 1.73. The van der Waals surface area contributed by atoms with Crippen LogP contribution in [0.1, 0.15) is 27.2 Å². The van der Waals surface area contributed by atoms with Crippen LogP contribution in [0, 0.1) is 11.8 Å². The van der Waals surface area contributed by atoms with Crippen molar-refractivity contribution in [3.8, 4) is 0 Å². The first kappa shape index (κ1) is 17.0. The van der Waals surface area contributed by atoms with Gasteiger partial charge in [-0.15, -0.1) is 0 Å². The number of carbonyl (C=O) groups is 3. The molecule has 0 amide bonds. The Hall–Kier alpha value is -1.43. The highest BCUT2D eigenvalue weighted by molar-refractivity contribution is 5.73. The lowest BCUT2D eigenvalue weighted by Gasteiger charge is -2.07. The zero-order valence-electron chi connectivity index (χ0n) is 9.71. The maximum Gasteiger partial charge on any atom is 0.320 e. The van der Waals surface area contributed by atoms with Gasteiger partial charge in [-0.2, -0.15) is 0 Å². The smallest absolute Gasteiger partial charge is 0.320 e. The minimum Gasteiger partial charge on any atom is -0.481 e. The zero-order chi connectivity index (χ0) is 13.3.